The van der Waals surface area contributed by atoms with E-state index in [4.69, 9.17) is 9.47 Å². The molecule has 5 nitrogen and oxygen atoms in total. The first-order chi connectivity index (χ1) is 8.31. The molecular formula is C12H22N2O3. The zero-order valence-electron chi connectivity index (χ0n) is 10.6. The highest BCUT2D eigenvalue weighted by Crippen LogP contribution is 2.14. The Morgan fingerprint density at radius 3 is 2.71 bits per heavy atom. The van der Waals surface area contributed by atoms with Gasteiger partial charge in [-0.25, -0.2) is 4.79 Å². The Morgan fingerprint density at radius 2 is 2.12 bits per heavy atom. The minimum Gasteiger partial charge on any atom is -0.378 e. The van der Waals surface area contributed by atoms with Crippen molar-refractivity contribution >= 4 is 6.03 Å². The zero-order valence-corrected chi connectivity index (χ0v) is 10.6. The van der Waals surface area contributed by atoms with Crippen LogP contribution in [0, 0.1) is 0 Å². The van der Waals surface area contributed by atoms with E-state index in [1.165, 1.54) is 0 Å². The number of hydrogen-bond acceptors (Lipinski definition) is 3. The Labute approximate surface area is 103 Å². The molecule has 0 aromatic rings. The fraction of sp³-hybridized carbons (Fsp3) is 0.917. The third-order valence-electron chi connectivity index (χ3n) is 3.38. The number of nitrogens with zero attached hydrogens (tertiary/aromatic N) is 2. The van der Waals surface area contributed by atoms with Crippen molar-refractivity contribution in [3.05, 3.63) is 0 Å². The van der Waals surface area contributed by atoms with Gasteiger partial charge in [-0.05, 0) is 19.8 Å². The summed E-state index contributed by atoms with van der Waals surface area (Å²) in [6.45, 7) is 7.07. The minimum absolute atomic E-state index is 0.131. The third-order valence-corrected chi connectivity index (χ3v) is 3.38. The molecule has 2 rings (SSSR count). The molecule has 2 amide bonds. The van der Waals surface area contributed by atoms with E-state index in [0.717, 1.165) is 32.5 Å². The predicted molar refractivity (Wildman–Crippen MR) is 64.0 cm³/mol. The molecule has 1 atom stereocenters. The van der Waals surface area contributed by atoms with Crippen molar-refractivity contribution in [1.29, 1.82) is 0 Å². The highest BCUT2D eigenvalue weighted by atomic mass is 16.5. The van der Waals surface area contributed by atoms with Crippen LogP contribution in [0.1, 0.15) is 19.8 Å². The summed E-state index contributed by atoms with van der Waals surface area (Å²) in [6, 6.07) is 0.131. The SMILES string of the molecule is CCN(CC1CCCO1)C(=O)N1CCOCC1. The monoisotopic (exact) mass is 242 g/mol. The van der Waals surface area contributed by atoms with Crippen molar-refractivity contribution in [3.63, 3.8) is 0 Å². The molecule has 0 bridgehead atoms. The maximum atomic E-state index is 12.3. The molecule has 0 aromatic heterocycles. The molecule has 1 unspecified atom stereocenters. The fourth-order valence-electron chi connectivity index (χ4n) is 2.33. The number of likely N-dealkylation sites (N-methyl/N-ethyl adjacent to an activating group) is 1. The van der Waals surface area contributed by atoms with Gasteiger partial charge in [0.1, 0.15) is 0 Å². The Balaban J connectivity index is 1.84. The van der Waals surface area contributed by atoms with E-state index < -0.39 is 0 Å². The van der Waals surface area contributed by atoms with Crippen LogP contribution in [0.4, 0.5) is 4.79 Å². The summed E-state index contributed by atoms with van der Waals surface area (Å²) in [4.78, 5) is 16.0. The van der Waals surface area contributed by atoms with E-state index in [0.29, 0.717) is 26.3 Å². The van der Waals surface area contributed by atoms with Crippen molar-refractivity contribution in [3.8, 4) is 0 Å². The van der Waals surface area contributed by atoms with Crippen LogP contribution in [0.25, 0.3) is 0 Å². The van der Waals surface area contributed by atoms with Crippen LogP contribution >= 0.6 is 0 Å². The van der Waals surface area contributed by atoms with Gasteiger partial charge in [0, 0.05) is 32.8 Å². The second-order valence-corrected chi connectivity index (χ2v) is 4.56. The van der Waals surface area contributed by atoms with Crippen LogP contribution in [0.3, 0.4) is 0 Å². The Morgan fingerprint density at radius 1 is 1.35 bits per heavy atom. The molecular weight excluding hydrogens is 220 g/mol. The van der Waals surface area contributed by atoms with Crippen molar-refractivity contribution < 1.29 is 14.3 Å². The molecule has 2 fully saturated rings. The second-order valence-electron chi connectivity index (χ2n) is 4.56. The number of hydrogen-bond donors (Lipinski definition) is 0. The maximum Gasteiger partial charge on any atom is 0.320 e. The standard InChI is InChI=1S/C12H22N2O3/c1-2-13(10-11-4-3-7-17-11)12(15)14-5-8-16-9-6-14/h11H,2-10H2,1H3. The summed E-state index contributed by atoms with van der Waals surface area (Å²) in [5.41, 5.74) is 0. The molecule has 0 N–H and O–H groups in total. The minimum atomic E-state index is 0.131. The quantitative estimate of drug-likeness (QED) is 0.739. The Kier molecular flexibility index (Phi) is 4.62. The first-order valence-corrected chi connectivity index (χ1v) is 6.54. The van der Waals surface area contributed by atoms with Gasteiger partial charge in [0.2, 0.25) is 0 Å². The first-order valence-electron chi connectivity index (χ1n) is 6.54. The number of amides is 2. The maximum absolute atomic E-state index is 12.3. The van der Waals surface area contributed by atoms with E-state index in [-0.39, 0.29) is 12.1 Å². The number of morpholine rings is 1. The molecule has 2 heterocycles. The molecule has 0 radical (unpaired) electrons. The molecule has 2 saturated heterocycles. The number of urea groups is 1. The lowest BCUT2D eigenvalue weighted by molar-refractivity contribution is 0.0347. The predicted octanol–water partition coefficient (Wildman–Crippen LogP) is 0.940. The van der Waals surface area contributed by atoms with E-state index >= 15 is 0 Å². The Bertz CT molecular complexity index is 248. The summed E-state index contributed by atoms with van der Waals surface area (Å²) in [7, 11) is 0. The molecule has 0 saturated carbocycles. The molecule has 0 aromatic carbocycles. The molecule has 0 aliphatic carbocycles. The normalized spacial score (nSPS) is 25.0. The molecule has 0 spiro atoms. The fourth-order valence-corrected chi connectivity index (χ4v) is 2.33. The smallest absolute Gasteiger partial charge is 0.320 e. The lowest BCUT2D eigenvalue weighted by atomic mass is 10.2. The van der Waals surface area contributed by atoms with Gasteiger partial charge in [-0.1, -0.05) is 0 Å². The number of rotatable bonds is 3. The zero-order chi connectivity index (χ0) is 12.1. The van der Waals surface area contributed by atoms with Gasteiger partial charge < -0.3 is 19.3 Å². The van der Waals surface area contributed by atoms with Gasteiger partial charge in [-0.3, -0.25) is 0 Å². The van der Waals surface area contributed by atoms with Gasteiger partial charge in [0.25, 0.3) is 0 Å². The van der Waals surface area contributed by atoms with E-state index in [1.807, 2.05) is 16.7 Å². The van der Waals surface area contributed by atoms with Crippen LogP contribution in [-0.2, 0) is 9.47 Å². The van der Waals surface area contributed by atoms with Gasteiger partial charge in [-0.15, -0.1) is 0 Å². The lowest BCUT2D eigenvalue weighted by Crippen LogP contribution is -2.49. The van der Waals surface area contributed by atoms with Crippen molar-refractivity contribution in [2.75, 3.05) is 46.0 Å². The van der Waals surface area contributed by atoms with E-state index in [2.05, 4.69) is 0 Å². The number of carbonyl (C=O) groups is 1. The first kappa shape index (κ1) is 12.6. The average molecular weight is 242 g/mol. The van der Waals surface area contributed by atoms with Gasteiger partial charge in [0.15, 0.2) is 0 Å². The molecule has 17 heavy (non-hydrogen) atoms. The molecule has 2 aliphatic rings. The summed E-state index contributed by atoms with van der Waals surface area (Å²) in [5.74, 6) is 0. The van der Waals surface area contributed by atoms with Crippen LogP contribution in [0.2, 0.25) is 0 Å². The summed E-state index contributed by atoms with van der Waals surface area (Å²) in [6.07, 6.45) is 2.43. The lowest BCUT2D eigenvalue weighted by Gasteiger charge is -2.33. The highest BCUT2D eigenvalue weighted by molar-refractivity contribution is 5.74. The average Bonchev–Trinajstić information content (AvgIpc) is 2.89. The van der Waals surface area contributed by atoms with E-state index in [1.54, 1.807) is 0 Å². The van der Waals surface area contributed by atoms with Crippen molar-refractivity contribution in [1.82, 2.24) is 9.80 Å². The van der Waals surface area contributed by atoms with Crippen LogP contribution in [0.15, 0.2) is 0 Å². The third kappa shape index (κ3) is 3.33. The number of carbonyl (C=O) groups excluding carboxylic acids is 1. The summed E-state index contributed by atoms with van der Waals surface area (Å²) < 4.78 is 10.8. The number of ether oxygens (including phenoxy) is 2. The van der Waals surface area contributed by atoms with Gasteiger partial charge >= 0.3 is 6.03 Å². The largest absolute Gasteiger partial charge is 0.378 e. The van der Waals surface area contributed by atoms with Crippen LogP contribution in [-0.4, -0.2) is 67.9 Å². The topological polar surface area (TPSA) is 42.0 Å². The summed E-state index contributed by atoms with van der Waals surface area (Å²) >= 11 is 0. The van der Waals surface area contributed by atoms with E-state index in [9.17, 15) is 4.79 Å². The van der Waals surface area contributed by atoms with Crippen molar-refractivity contribution in [2.24, 2.45) is 0 Å². The van der Waals surface area contributed by atoms with Crippen LogP contribution in [0.5, 0.6) is 0 Å². The Hall–Kier alpha value is -0.810. The highest BCUT2D eigenvalue weighted by Gasteiger charge is 2.25. The molecule has 2 aliphatic heterocycles. The van der Waals surface area contributed by atoms with Crippen molar-refractivity contribution in [2.45, 2.75) is 25.9 Å². The van der Waals surface area contributed by atoms with Gasteiger partial charge in [0.05, 0.1) is 19.3 Å². The second kappa shape index (κ2) is 6.21. The van der Waals surface area contributed by atoms with Gasteiger partial charge in [-0.2, -0.15) is 0 Å². The molecule has 5 heteroatoms. The van der Waals surface area contributed by atoms with Crippen LogP contribution < -0.4 is 0 Å². The molecule has 98 valence electrons. The summed E-state index contributed by atoms with van der Waals surface area (Å²) in [5, 5.41) is 0.